The zero-order valence-electron chi connectivity index (χ0n) is 12.5. The molecule has 110 valence electrons. The Kier molecular flexibility index (Phi) is 5.02. The Labute approximate surface area is 133 Å². The first-order valence-corrected chi connectivity index (χ1v) is 7.62. The second-order valence-electron chi connectivity index (χ2n) is 5.18. The summed E-state index contributed by atoms with van der Waals surface area (Å²) in [6.07, 6.45) is 0. The quantitative estimate of drug-likeness (QED) is 0.859. The summed E-state index contributed by atoms with van der Waals surface area (Å²) in [5, 5.41) is 6.09. The van der Waals surface area contributed by atoms with Gasteiger partial charge in [0.1, 0.15) is 0 Å². The number of nitrogens with one attached hydrogen (secondary N) is 2. The molecule has 2 aromatic rings. The Bertz CT molecular complexity index is 668. The Balaban J connectivity index is 1.96. The third-order valence-corrected chi connectivity index (χ3v) is 3.78. The van der Waals surface area contributed by atoms with Gasteiger partial charge in [-0.3, -0.25) is 4.79 Å². The summed E-state index contributed by atoms with van der Waals surface area (Å²) in [6.45, 7) is 6.29. The van der Waals surface area contributed by atoms with Gasteiger partial charge in [-0.2, -0.15) is 0 Å². The van der Waals surface area contributed by atoms with Gasteiger partial charge in [-0.1, -0.05) is 33.6 Å². The minimum atomic E-state index is -0.0516. The van der Waals surface area contributed by atoms with Crippen LogP contribution in [0.2, 0.25) is 0 Å². The maximum absolute atomic E-state index is 12.0. The van der Waals surface area contributed by atoms with E-state index in [1.54, 1.807) is 0 Å². The van der Waals surface area contributed by atoms with Gasteiger partial charge < -0.3 is 10.6 Å². The maximum atomic E-state index is 12.0. The molecule has 0 unspecified atom stereocenters. The van der Waals surface area contributed by atoms with Gasteiger partial charge in [0, 0.05) is 15.8 Å². The second kappa shape index (κ2) is 6.76. The molecule has 0 aliphatic rings. The van der Waals surface area contributed by atoms with E-state index in [9.17, 15) is 4.79 Å². The van der Waals surface area contributed by atoms with E-state index in [4.69, 9.17) is 0 Å². The molecule has 21 heavy (non-hydrogen) atoms. The lowest BCUT2D eigenvalue weighted by molar-refractivity contribution is -0.114. The number of carbonyl (C=O) groups is 1. The molecule has 0 bridgehead atoms. The van der Waals surface area contributed by atoms with E-state index in [0.29, 0.717) is 0 Å². The third kappa shape index (κ3) is 4.33. The number of anilines is 2. The van der Waals surface area contributed by atoms with Crippen LogP contribution in [0.3, 0.4) is 0 Å². The average molecular weight is 347 g/mol. The van der Waals surface area contributed by atoms with Crippen LogP contribution < -0.4 is 10.6 Å². The third-order valence-electron chi connectivity index (χ3n) is 3.28. The molecule has 2 aromatic carbocycles. The van der Waals surface area contributed by atoms with Crippen LogP contribution in [-0.2, 0) is 4.79 Å². The van der Waals surface area contributed by atoms with E-state index in [-0.39, 0.29) is 12.5 Å². The van der Waals surface area contributed by atoms with Crippen molar-refractivity contribution in [1.82, 2.24) is 0 Å². The molecular weight excluding hydrogens is 328 g/mol. The SMILES string of the molecule is Cc1ccc(NC(=O)CNc2ccc(Br)cc2C)c(C)c1. The van der Waals surface area contributed by atoms with Gasteiger partial charge in [0.25, 0.3) is 0 Å². The molecule has 2 N–H and O–H groups in total. The van der Waals surface area contributed by atoms with Gasteiger partial charge in [0.15, 0.2) is 0 Å². The number of hydrogen-bond acceptors (Lipinski definition) is 2. The van der Waals surface area contributed by atoms with E-state index in [1.165, 1.54) is 5.56 Å². The number of benzene rings is 2. The fourth-order valence-corrected chi connectivity index (χ4v) is 2.62. The zero-order chi connectivity index (χ0) is 15.4. The molecule has 3 nitrogen and oxygen atoms in total. The molecule has 0 heterocycles. The Hall–Kier alpha value is -1.81. The van der Waals surface area contributed by atoms with Crippen LogP contribution in [0.25, 0.3) is 0 Å². The lowest BCUT2D eigenvalue weighted by Crippen LogP contribution is -2.22. The highest BCUT2D eigenvalue weighted by molar-refractivity contribution is 9.10. The van der Waals surface area contributed by atoms with Crippen molar-refractivity contribution in [2.24, 2.45) is 0 Å². The number of amides is 1. The molecule has 0 saturated heterocycles. The van der Waals surface area contributed by atoms with Gasteiger partial charge in [-0.05, 0) is 56.2 Å². The van der Waals surface area contributed by atoms with E-state index >= 15 is 0 Å². The lowest BCUT2D eigenvalue weighted by Gasteiger charge is -2.12. The van der Waals surface area contributed by atoms with Crippen LogP contribution in [-0.4, -0.2) is 12.5 Å². The van der Waals surface area contributed by atoms with Gasteiger partial charge >= 0.3 is 0 Å². The largest absolute Gasteiger partial charge is 0.376 e. The molecule has 0 aromatic heterocycles. The van der Waals surface area contributed by atoms with E-state index in [0.717, 1.165) is 27.0 Å². The van der Waals surface area contributed by atoms with Crippen LogP contribution in [0.5, 0.6) is 0 Å². The number of halogens is 1. The minimum absolute atomic E-state index is 0.0516. The van der Waals surface area contributed by atoms with Crippen molar-refractivity contribution < 1.29 is 4.79 Å². The Morgan fingerprint density at radius 1 is 1.00 bits per heavy atom. The van der Waals surface area contributed by atoms with Crippen molar-refractivity contribution in [2.45, 2.75) is 20.8 Å². The summed E-state index contributed by atoms with van der Waals surface area (Å²) in [4.78, 5) is 12.0. The molecular formula is C17H19BrN2O. The average Bonchev–Trinajstić information content (AvgIpc) is 2.41. The molecule has 0 aliphatic carbocycles. The first kappa shape index (κ1) is 15.6. The van der Waals surface area contributed by atoms with Crippen LogP contribution in [0, 0.1) is 20.8 Å². The van der Waals surface area contributed by atoms with E-state index in [2.05, 4.69) is 32.6 Å². The van der Waals surface area contributed by atoms with Gasteiger partial charge in [-0.25, -0.2) is 0 Å². The van der Waals surface area contributed by atoms with Gasteiger partial charge in [-0.15, -0.1) is 0 Å². The van der Waals surface area contributed by atoms with Crippen molar-refractivity contribution in [3.8, 4) is 0 Å². The molecule has 0 atom stereocenters. The van der Waals surface area contributed by atoms with Crippen molar-refractivity contribution in [3.05, 3.63) is 57.6 Å². The molecule has 1 amide bonds. The second-order valence-corrected chi connectivity index (χ2v) is 6.10. The molecule has 0 aliphatic heterocycles. The van der Waals surface area contributed by atoms with Crippen LogP contribution in [0.15, 0.2) is 40.9 Å². The van der Waals surface area contributed by atoms with Crippen molar-refractivity contribution in [2.75, 3.05) is 17.2 Å². The number of carbonyl (C=O) groups excluding carboxylic acids is 1. The predicted octanol–water partition coefficient (Wildman–Crippen LogP) is 4.42. The molecule has 2 rings (SSSR count). The minimum Gasteiger partial charge on any atom is -0.376 e. The lowest BCUT2D eigenvalue weighted by atomic mass is 10.1. The zero-order valence-corrected chi connectivity index (χ0v) is 14.0. The summed E-state index contributed by atoms with van der Waals surface area (Å²) in [5.41, 5.74) is 5.19. The summed E-state index contributed by atoms with van der Waals surface area (Å²) in [7, 11) is 0. The van der Waals surface area contributed by atoms with Gasteiger partial charge in [0.05, 0.1) is 6.54 Å². The number of aryl methyl sites for hydroxylation is 3. The summed E-state index contributed by atoms with van der Waals surface area (Å²) >= 11 is 3.43. The molecule has 0 radical (unpaired) electrons. The standard InChI is InChI=1S/C17H19BrN2O/c1-11-4-6-16(12(2)8-11)20-17(21)10-19-15-7-5-14(18)9-13(15)3/h4-9,19H,10H2,1-3H3,(H,20,21). The number of rotatable bonds is 4. The van der Waals surface area contributed by atoms with Crippen LogP contribution in [0.1, 0.15) is 16.7 Å². The fraction of sp³-hybridized carbons (Fsp3) is 0.235. The van der Waals surface area contributed by atoms with Crippen molar-refractivity contribution in [3.63, 3.8) is 0 Å². The highest BCUT2D eigenvalue weighted by atomic mass is 79.9. The fourth-order valence-electron chi connectivity index (χ4n) is 2.15. The molecule has 0 saturated carbocycles. The highest BCUT2D eigenvalue weighted by Crippen LogP contribution is 2.20. The van der Waals surface area contributed by atoms with Gasteiger partial charge in [0.2, 0.25) is 5.91 Å². The summed E-state index contributed by atoms with van der Waals surface area (Å²) in [5.74, 6) is -0.0516. The highest BCUT2D eigenvalue weighted by Gasteiger charge is 2.06. The molecule has 4 heteroatoms. The monoisotopic (exact) mass is 346 g/mol. The van der Waals surface area contributed by atoms with E-state index < -0.39 is 0 Å². The predicted molar refractivity (Wildman–Crippen MR) is 91.9 cm³/mol. The molecule has 0 fully saturated rings. The smallest absolute Gasteiger partial charge is 0.243 e. The first-order valence-electron chi connectivity index (χ1n) is 6.83. The Morgan fingerprint density at radius 3 is 2.33 bits per heavy atom. The summed E-state index contributed by atoms with van der Waals surface area (Å²) in [6, 6.07) is 11.9. The van der Waals surface area contributed by atoms with Crippen LogP contribution >= 0.6 is 15.9 Å². The Morgan fingerprint density at radius 2 is 1.67 bits per heavy atom. The normalized spacial score (nSPS) is 10.3. The topological polar surface area (TPSA) is 41.1 Å². The summed E-state index contributed by atoms with van der Waals surface area (Å²) < 4.78 is 1.03. The van der Waals surface area contributed by atoms with Crippen molar-refractivity contribution in [1.29, 1.82) is 0 Å². The van der Waals surface area contributed by atoms with Crippen LogP contribution in [0.4, 0.5) is 11.4 Å². The first-order chi connectivity index (χ1) is 9.95. The molecule has 0 spiro atoms. The van der Waals surface area contributed by atoms with E-state index in [1.807, 2.05) is 51.1 Å². The number of hydrogen-bond donors (Lipinski definition) is 2. The van der Waals surface area contributed by atoms with Crippen molar-refractivity contribution >= 4 is 33.2 Å². The maximum Gasteiger partial charge on any atom is 0.243 e.